The highest BCUT2D eigenvalue weighted by Gasteiger charge is 2.18. The van der Waals surface area contributed by atoms with Crippen LogP contribution in [0.15, 0.2) is 36.4 Å². The lowest BCUT2D eigenvalue weighted by molar-refractivity contribution is 0.103. The van der Waals surface area contributed by atoms with Crippen molar-refractivity contribution in [1.29, 1.82) is 0 Å². The van der Waals surface area contributed by atoms with Crippen LogP contribution in [0, 0.1) is 6.92 Å². The minimum Gasteiger partial charge on any atom is -0.397 e. The highest BCUT2D eigenvalue weighted by molar-refractivity contribution is 7.21. The number of aryl methyl sites for hydroxylation is 1. The second-order valence-corrected chi connectivity index (χ2v) is 6.72. The Morgan fingerprint density at radius 2 is 1.95 bits per heavy atom. The van der Waals surface area contributed by atoms with Gasteiger partial charge in [-0.05, 0) is 30.7 Å². The highest BCUT2D eigenvalue weighted by Crippen LogP contribution is 2.36. The molecule has 1 aromatic heterocycles. The SMILES string of the molecule is Cc1cc(N)c(NC(=O)c2sc3ccccc3c2Cl)cc1Cl. The van der Waals surface area contributed by atoms with Gasteiger partial charge in [0.1, 0.15) is 4.88 Å². The molecule has 3 rings (SSSR count). The van der Waals surface area contributed by atoms with Crippen LogP contribution >= 0.6 is 34.5 Å². The first kappa shape index (κ1) is 15.2. The lowest BCUT2D eigenvalue weighted by Gasteiger charge is -2.09. The average Bonchev–Trinajstić information content (AvgIpc) is 2.82. The first-order valence-electron chi connectivity index (χ1n) is 6.51. The second kappa shape index (κ2) is 5.80. The Morgan fingerprint density at radius 3 is 2.68 bits per heavy atom. The zero-order valence-electron chi connectivity index (χ0n) is 11.6. The molecule has 1 amide bonds. The summed E-state index contributed by atoms with van der Waals surface area (Å²) in [5.74, 6) is -0.294. The van der Waals surface area contributed by atoms with E-state index in [2.05, 4.69) is 5.32 Å². The molecule has 2 aromatic carbocycles. The first-order chi connectivity index (χ1) is 10.5. The molecule has 112 valence electrons. The Morgan fingerprint density at radius 1 is 1.23 bits per heavy atom. The van der Waals surface area contributed by atoms with E-state index < -0.39 is 0 Å². The Kier molecular flexibility index (Phi) is 4.00. The van der Waals surface area contributed by atoms with Crippen LogP contribution in [0.4, 0.5) is 11.4 Å². The number of thiophene rings is 1. The number of fused-ring (bicyclic) bond motifs is 1. The van der Waals surface area contributed by atoms with E-state index in [9.17, 15) is 4.79 Å². The third kappa shape index (κ3) is 2.65. The summed E-state index contributed by atoms with van der Waals surface area (Å²) in [5.41, 5.74) is 7.73. The monoisotopic (exact) mass is 350 g/mol. The maximum atomic E-state index is 12.5. The molecule has 0 aliphatic carbocycles. The van der Waals surface area contributed by atoms with E-state index >= 15 is 0 Å². The number of nitrogens with two attached hydrogens (primary N) is 1. The summed E-state index contributed by atoms with van der Waals surface area (Å²) in [7, 11) is 0. The molecule has 22 heavy (non-hydrogen) atoms. The fourth-order valence-corrected chi connectivity index (χ4v) is 3.73. The van der Waals surface area contributed by atoms with Crippen LogP contribution in [-0.2, 0) is 0 Å². The fourth-order valence-electron chi connectivity index (χ4n) is 2.15. The van der Waals surface area contributed by atoms with Crippen molar-refractivity contribution >= 4 is 61.9 Å². The Hall–Kier alpha value is -1.75. The van der Waals surface area contributed by atoms with Gasteiger partial charge in [-0.1, -0.05) is 41.4 Å². The normalized spacial score (nSPS) is 10.9. The van der Waals surface area contributed by atoms with Crippen LogP contribution in [0.5, 0.6) is 0 Å². The number of nitrogens with one attached hydrogen (secondary N) is 1. The van der Waals surface area contributed by atoms with E-state index in [1.807, 2.05) is 31.2 Å². The van der Waals surface area contributed by atoms with Gasteiger partial charge < -0.3 is 11.1 Å². The molecule has 0 fully saturated rings. The summed E-state index contributed by atoms with van der Waals surface area (Å²) >= 11 is 13.7. The quantitative estimate of drug-likeness (QED) is 0.612. The minimum absolute atomic E-state index is 0.294. The van der Waals surface area contributed by atoms with Crippen molar-refractivity contribution in [1.82, 2.24) is 0 Å². The van der Waals surface area contributed by atoms with Gasteiger partial charge in [-0.25, -0.2) is 0 Å². The van der Waals surface area contributed by atoms with Gasteiger partial charge in [0.15, 0.2) is 0 Å². The molecule has 3 N–H and O–H groups in total. The molecule has 1 heterocycles. The fraction of sp³-hybridized carbons (Fsp3) is 0.0625. The first-order valence-corrected chi connectivity index (χ1v) is 8.08. The lowest BCUT2D eigenvalue weighted by Crippen LogP contribution is -2.12. The number of hydrogen-bond acceptors (Lipinski definition) is 3. The summed E-state index contributed by atoms with van der Waals surface area (Å²) < 4.78 is 0.965. The van der Waals surface area contributed by atoms with Gasteiger partial charge in [-0.15, -0.1) is 11.3 Å². The molecule has 0 unspecified atom stereocenters. The van der Waals surface area contributed by atoms with Crippen molar-refractivity contribution in [2.24, 2.45) is 0 Å². The molecular weight excluding hydrogens is 339 g/mol. The second-order valence-electron chi connectivity index (χ2n) is 4.88. The molecular formula is C16H12Cl2N2OS. The predicted molar refractivity (Wildman–Crippen MR) is 95.4 cm³/mol. The molecule has 6 heteroatoms. The maximum Gasteiger partial charge on any atom is 0.267 e. The molecule has 0 atom stereocenters. The highest BCUT2D eigenvalue weighted by atomic mass is 35.5. The van der Waals surface area contributed by atoms with Crippen molar-refractivity contribution in [2.75, 3.05) is 11.1 Å². The number of amides is 1. The Labute approximate surface area is 141 Å². The third-order valence-electron chi connectivity index (χ3n) is 3.32. The summed E-state index contributed by atoms with van der Waals surface area (Å²) in [4.78, 5) is 12.9. The number of carbonyl (C=O) groups is 1. The van der Waals surface area contributed by atoms with Crippen molar-refractivity contribution < 1.29 is 4.79 Å². The van der Waals surface area contributed by atoms with E-state index in [1.54, 1.807) is 12.1 Å². The third-order valence-corrected chi connectivity index (χ3v) is 5.40. The molecule has 0 saturated heterocycles. The van der Waals surface area contributed by atoms with E-state index in [1.165, 1.54) is 11.3 Å². The molecule has 0 aliphatic rings. The minimum atomic E-state index is -0.294. The molecule has 3 aromatic rings. The largest absolute Gasteiger partial charge is 0.397 e. The van der Waals surface area contributed by atoms with Crippen LogP contribution in [0.2, 0.25) is 10.0 Å². The number of rotatable bonds is 2. The van der Waals surface area contributed by atoms with Gasteiger partial charge in [0.05, 0.1) is 16.4 Å². The average molecular weight is 351 g/mol. The summed E-state index contributed by atoms with van der Waals surface area (Å²) in [6.07, 6.45) is 0. The molecule has 0 spiro atoms. The van der Waals surface area contributed by atoms with Gasteiger partial charge in [-0.2, -0.15) is 0 Å². The van der Waals surface area contributed by atoms with Crippen LogP contribution in [-0.4, -0.2) is 5.91 Å². The van der Waals surface area contributed by atoms with Gasteiger partial charge in [0, 0.05) is 15.1 Å². The number of anilines is 2. The molecule has 0 aliphatic heterocycles. The zero-order chi connectivity index (χ0) is 15.9. The van der Waals surface area contributed by atoms with Crippen molar-refractivity contribution in [3.8, 4) is 0 Å². The van der Waals surface area contributed by atoms with Crippen LogP contribution < -0.4 is 11.1 Å². The van der Waals surface area contributed by atoms with E-state index in [0.29, 0.717) is 26.3 Å². The molecule has 0 radical (unpaired) electrons. The van der Waals surface area contributed by atoms with E-state index in [0.717, 1.165) is 15.6 Å². The lowest BCUT2D eigenvalue weighted by atomic mass is 10.2. The van der Waals surface area contributed by atoms with Crippen LogP contribution in [0.3, 0.4) is 0 Å². The number of halogens is 2. The summed E-state index contributed by atoms with van der Waals surface area (Å²) in [6.45, 7) is 1.85. The Balaban J connectivity index is 1.97. The van der Waals surface area contributed by atoms with Gasteiger partial charge in [-0.3, -0.25) is 4.79 Å². The van der Waals surface area contributed by atoms with E-state index in [4.69, 9.17) is 28.9 Å². The topological polar surface area (TPSA) is 55.1 Å². The number of nitrogen functional groups attached to an aromatic ring is 1. The van der Waals surface area contributed by atoms with Crippen molar-refractivity contribution in [3.63, 3.8) is 0 Å². The van der Waals surface area contributed by atoms with Crippen LogP contribution in [0.25, 0.3) is 10.1 Å². The standard InChI is InChI=1S/C16H12Cl2N2OS/c1-8-6-11(19)12(7-10(8)17)20-16(21)15-14(18)9-4-2-3-5-13(9)22-15/h2-7H,19H2,1H3,(H,20,21). The predicted octanol–water partition coefficient (Wildman–Crippen LogP) is 5.35. The molecule has 0 bridgehead atoms. The number of hydrogen-bond donors (Lipinski definition) is 2. The van der Waals surface area contributed by atoms with Gasteiger partial charge in [0.25, 0.3) is 5.91 Å². The smallest absolute Gasteiger partial charge is 0.267 e. The summed E-state index contributed by atoms with van der Waals surface area (Å²) in [6, 6.07) is 11.0. The number of benzene rings is 2. The Bertz CT molecular complexity index is 889. The summed E-state index contributed by atoms with van der Waals surface area (Å²) in [5, 5.41) is 4.65. The van der Waals surface area contributed by atoms with Crippen molar-refractivity contribution in [2.45, 2.75) is 6.92 Å². The maximum absolute atomic E-state index is 12.5. The molecule has 0 saturated carbocycles. The van der Waals surface area contributed by atoms with Crippen LogP contribution in [0.1, 0.15) is 15.2 Å². The zero-order valence-corrected chi connectivity index (χ0v) is 13.9. The van der Waals surface area contributed by atoms with Gasteiger partial charge >= 0.3 is 0 Å². The van der Waals surface area contributed by atoms with Gasteiger partial charge in [0.2, 0.25) is 0 Å². The van der Waals surface area contributed by atoms with Crippen molar-refractivity contribution in [3.05, 3.63) is 56.9 Å². The van der Waals surface area contributed by atoms with E-state index in [-0.39, 0.29) is 5.91 Å². The number of carbonyl (C=O) groups excluding carboxylic acids is 1. The molecule has 3 nitrogen and oxygen atoms in total.